The smallest absolute Gasteiger partial charge is 0.249 e. The third-order valence-corrected chi connectivity index (χ3v) is 3.16. The second-order valence-corrected chi connectivity index (χ2v) is 4.77. The predicted molar refractivity (Wildman–Crippen MR) is 74.6 cm³/mol. The number of halogens is 2. The minimum atomic E-state index is -1.14. The summed E-state index contributed by atoms with van der Waals surface area (Å²) < 4.78 is 31.3. The lowest BCUT2D eigenvalue weighted by Gasteiger charge is -2.23. The van der Waals surface area contributed by atoms with Gasteiger partial charge in [0.25, 0.3) is 0 Å². The molecule has 1 rings (SSSR count). The molecule has 0 saturated heterocycles. The summed E-state index contributed by atoms with van der Waals surface area (Å²) in [5.74, 6) is -2.36. The van der Waals surface area contributed by atoms with Gasteiger partial charge < -0.3 is 15.2 Å². The molecule has 0 saturated carbocycles. The topological polar surface area (TPSA) is 58.6 Å². The van der Waals surface area contributed by atoms with Crippen LogP contribution in [0, 0.1) is 11.6 Å². The fraction of sp³-hybridized carbons (Fsp3) is 0.533. The molecule has 3 unspecified atom stereocenters. The summed E-state index contributed by atoms with van der Waals surface area (Å²) in [4.78, 5) is 12.0. The standard InChI is InChI=1S/C15H21F2NO3/c1-4-13(21-5-2)15(20)18-9(3)14(19)10-6-7-11(16)12(17)8-10/h6-9,13-14,19H,4-5H2,1-3H3,(H,18,20). The van der Waals surface area contributed by atoms with E-state index in [2.05, 4.69) is 5.32 Å². The lowest BCUT2D eigenvalue weighted by atomic mass is 10.0. The Hall–Kier alpha value is -1.53. The minimum absolute atomic E-state index is 0.200. The summed E-state index contributed by atoms with van der Waals surface area (Å²) in [7, 11) is 0. The van der Waals surface area contributed by atoms with Crippen molar-refractivity contribution in [1.29, 1.82) is 0 Å². The van der Waals surface area contributed by atoms with Crippen molar-refractivity contribution in [3.63, 3.8) is 0 Å². The third-order valence-electron chi connectivity index (χ3n) is 3.16. The van der Waals surface area contributed by atoms with Crippen LogP contribution in [0.3, 0.4) is 0 Å². The first-order valence-electron chi connectivity index (χ1n) is 6.95. The summed E-state index contributed by atoms with van der Waals surface area (Å²) in [5, 5.41) is 12.7. The van der Waals surface area contributed by atoms with E-state index in [1.807, 2.05) is 6.92 Å². The number of benzene rings is 1. The van der Waals surface area contributed by atoms with Crippen LogP contribution in [0.15, 0.2) is 18.2 Å². The quantitative estimate of drug-likeness (QED) is 0.812. The Labute approximate surface area is 123 Å². The Morgan fingerprint density at radius 2 is 2.00 bits per heavy atom. The number of carbonyl (C=O) groups excluding carboxylic acids is 1. The molecule has 2 N–H and O–H groups in total. The van der Waals surface area contributed by atoms with Crippen LogP contribution in [-0.4, -0.2) is 29.8 Å². The van der Waals surface area contributed by atoms with Crippen LogP contribution in [0.1, 0.15) is 38.9 Å². The molecule has 1 aromatic rings. The molecule has 0 bridgehead atoms. The van der Waals surface area contributed by atoms with Gasteiger partial charge in [-0.05, 0) is 38.0 Å². The monoisotopic (exact) mass is 301 g/mol. The Morgan fingerprint density at radius 3 is 2.52 bits per heavy atom. The Bertz CT molecular complexity index is 482. The number of hydrogen-bond donors (Lipinski definition) is 2. The van der Waals surface area contributed by atoms with Gasteiger partial charge in [0.2, 0.25) is 5.91 Å². The molecule has 0 aliphatic carbocycles. The van der Waals surface area contributed by atoms with Gasteiger partial charge in [-0.3, -0.25) is 4.79 Å². The van der Waals surface area contributed by atoms with Crippen LogP contribution in [0.5, 0.6) is 0 Å². The van der Waals surface area contributed by atoms with Crippen LogP contribution < -0.4 is 5.32 Å². The number of amides is 1. The van der Waals surface area contributed by atoms with E-state index in [0.717, 1.165) is 12.1 Å². The maximum Gasteiger partial charge on any atom is 0.249 e. The van der Waals surface area contributed by atoms with Crippen molar-refractivity contribution in [2.75, 3.05) is 6.61 Å². The van der Waals surface area contributed by atoms with Gasteiger partial charge in [-0.2, -0.15) is 0 Å². The molecule has 6 heteroatoms. The number of hydrogen-bond acceptors (Lipinski definition) is 3. The lowest BCUT2D eigenvalue weighted by Crippen LogP contribution is -2.43. The highest BCUT2D eigenvalue weighted by Gasteiger charge is 2.23. The normalized spacial score (nSPS) is 15.3. The number of aliphatic hydroxyl groups excluding tert-OH is 1. The molecule has 0 spiro atoms. The van der Waals surface area contributed by atoms with E-state index in [1.54, 1.807) is 13.8 Å². The van der Waals surface area contributed by atoms with Crippen LogP contribution in [0.4, 0.5) is 8.78 Å². The van der Waals surface area contributed by atoms with Crippen LogP contribution in [0.2, 0.25) is 0 Å². The molecule has 21 heavy (non-hydrogen) atoms. The summed E-state index contributed by atoms with van der Waals surface area (Å²) in [6, 6.07) is 2.49. The molecule has 0 aliphatic heterocycles. The van der Waals surface area contributed by atoms with Crippen molar-refractivity contribution >= 4 is 5.91 Å². The van der Waals surface area contributed by atoms with Gasteiger partial charge in [0.1, 0.15) is 6.10 Å². The van der Waals surface area contributed by atoms with Gasteiger partial charge in [0.15, 0.2) is 11.6 Å². The molecular formula is C15H21F2NO3. The van der Waals surface area contributed by atoms with E-state index < -0.39 is 29.9 Å². The van der Waals surface area contributed by atoms with E-state index >= 15 is 0 Å². The zero-order valence-corrected chi connectivity index (χ0v) is 12.4. The number of nitrogens with one attached hydrogen (secondary N) is 1. The van der Waals surface area contributed by atoms with E-state index in [0.29, 0.717) is 13.0 Å². The highest BCUT2D eigenvalue weighted by molar-refractivity contribution is 5.81. The van der Waals surface area contributed by atoms with E-state index in [4.69, 9.17) is 4.74 Å². The van der Waals surface area contributed by atoms with Gasteiger partial charge >= 0.3 is 0 Å². The molecule has 0 aromatic heterocycles. The van der Waals surface area contributed by atoms with Crippen LogP contribution in [-0.2, 0) is 9.53 Å². The first kappa shape index (κ1) is 17.5. The number of aliphatic hydroxyl groups is 1. The van der Waals surface area contributed by atoms with Crippen molar-refractivity contribution < 1.29 is 23.4 Å². The third kappa shape index (κ3) is 4.75. The molecule has 3 atom stereocenters. The average Bonchev–Trinajstić information content (AvgIpc) is 2.46. The fourth-order valence-corrected chi connectivity index (χ4v) is 1.96. The number of ether oxygens (including phenoxy) is 1. The molecule has 0 heterocycles. The van der Waals surface area contributed by atoms with Crippen molar-refractivity contribution in [1.82, 2.24) is 5.32 Å². The first-order valence-corrected chi connectivity index (χ1v) is 6.95. The summed E-state index contributed by atoms with van der Waals surface area (Å²) in [5.41, 5.74) is 0.200. The fourth-order valence-electron chi connectivity index (χ4n) is 1.96. The van der Waals surface area contributed by atoms with Gasteiger partial charge in [-0.15, -0.1) is 0 Å². The van der Waals surface area contributed by atoms with Gasteiger partial charge in [0.05, 0.1) is 12.1 Å². The maximum absolute atomic E-state index is 13.2. The highest BCUT2D eigenvalue weighted by Crippen LogP contribution is 2.19. The van der Waals surface area contributed by atoms with Crippen molar-refractivity contribution in [2.45, 2.75) is 45.4 Å². The number of carbonyl (C=O) groups is 1. The van der Waals surface area contributed by atoms with E-state index in [-0.39, 0.29) is 11.5 Å². The first-order chi connectivity index (χ1) is 9.90. The maximum atomic E-state index is 13.2. The van der Waals surface area contributed by atoms with Crippen molar-refractivity contribution in [3.8, 4) is 0 Å². The molecular weight excluding hydrogens is 280 g/mol. The molecule has 4 nitrogen and oxygen atoms in total. The number of rotatable bonds is 7. The van der Waals surface area contributed by atoms with Gasteiger partial charge in [-0.1, -0.05) is 13.0 Å². The predicted octanol–water partition coefficient (Wildman–Crippen LogP) is 2.32. The zero-order valence-electron chi connectivity index (χ0n) is 12.4. The second-order valence-electron chi connectivity index (χ2n) is 4.77. The molecule has 118 valence electrons. The second kappa shape index (κ2) is 8.05. The Morgan fingerprint density at radius 1 is 1.33 bits per heavy atom. The van der Waals surface area contributed by atoms with Crippen molar-refractivity contribution in [2.24, 2.45) is 0 Å². The molecule has 0 aliphatic rings. The average molecular weight is 301 g/mol. The Balaban J connectivity index is 2.71. The summed E-state index contributed by atoms with van der Waals surface area (Å²) >= 11 is 0. The molecule has 0 fully saturated rings. The Kier molecular flexibility index (Phi) is 6.71. The van der Waals surface area contributed by atoms with Crippen LogP contribution >= 0.6 is 0 Å². The molecule has 1 aromatic carbocycles. The zero-order chi connectivity index (χ0) is 16.0. The largest absolute Gasteiger partial charge is 0.386 e. The van der Waals surface area contributed by atoms with Gasteiger partial charge in [0, 0.05) is 6.61 Å². The van der Waals surface area contributed by atoms with E-state index in [1.165, 1.54) is 6.07 Å². The van der Waals surface area contributed by atoms with Crippen LogP contribution in [0.25, 0.3) is 0 Å². The molecule has 0 radical (unpaired) electrons. The summed E-state index contributed by atoms with van der Waals surface area (Å²) in [6.07, 6.45) is -1.22. The van der Waals surface area contributed by atoms with E-state index in [9.17, 15) is 18.7 Å². The minimum Gasteiger partial charge on any atom is -0.386 e. The lowest BCUT2D eigenvalue weighted by molar-refractivity contribution is -0.134. The summed E-state index contributed by atoms with van der Waals surface area (Å²) in [6.45, 7) is 5.60. The molecule has 1 amide bonds. The SMILES string of the molecule is CCOC(CC)C(=O)NC(C)C(O)c1ccc(F)c(F)c1. The van der Waals surface area contributed by atoms with Gasteiger partial charge in [-0.25, -0.2) is 8.78 Å². The van der Waals surface area contributed by atoms with Crippen molar-refractivity contribution in [3.05, 3.63) is 35.4 Å². The highest BCUT2D eigenvalue weighted by atomic mass is 19.2.